The number of carbonyl (C=O) groups excluding carboxylic acids is 1. The van der Waals surface area contributed by atoms with Crippen molar-refractivity contribution in [1.29, 1.82) is 0 Å². The molecular weight excluding hydrogens is 206 g/mol. The van der Waals surface area contributed by atoms with Crippen molar-refractivity contribution in [2.24, 2.45) is 0 Å². The van der Waals surface area contributed by atoms with E-state index in [1.165, 1.54) is 0 Å². The van der Waals surface area contributed by atoms with Gasteiger partial charge >= 0.3 is 0 Å². The second-order valence-corrected chi connectivity index (χ2v) is 4.08. The summed E-state index contributed by atoms with van der Waals surface area (Å²) < 4.78 is 11.3. The second kappa shape index (κ2) is 3.79. The number of nitrogens with one attached hydrogen (secondary N) is 1. The maximum absolute atomic E-state index is 11.3. The van der Waals surface area contributed by atoms with E-state index in [1.54, 1.807) is 0 Å². The first-order valence-electron chi connectivity index (χ1n) is 5.47. The van der Waals surface area contributed by atoms with Crippen molar-refractivity contribution in [3.8, 4) is 5.75 Å². The predicted molar refractivity (Wildman–Crippen MR) is 57.2 cm³/mol. The average Bonchev–Trinajstić information content (AvgIpc) is 2.47. The maximum atomic E-state index is 11.3. The summed E-state index contributed by atoms with van der Waals surface area (Å²) in [5, 5.41) is 2.96. The Kier molecular flexibility index (Phi) is 2.29. The molecule has 0 aromatic heterocycles. The summed E-state index contributed by atoms with van der Waals surface area (Å²) in [6.07, 6.45) is 0.710. The van der Waals surface area contributed by atoms with Crippen LogP contribution in [0.4, 0.5) is 0 Å². The van der Waals surface area contributed by atoms with Gasteiger partial charge in [0.1, 0.15) is 18.5 Å². The highest BCUT2D eigenvalue weighted by atomic mass is 16.5. The monoisotopic (exact) mass is 219 g/mol. The van der Waals surface area contributed by atoms with Gasteiger partial charge in [0, 0.05) is 12.0 Å². The lowest BCUT2D eigenvalue weighted by Gasteiger charge is -2.30. The van der Waals surface area contributed by atoms with Crippen LogP contribution in [0.5, 0.6) is 5.75 Å². The summed E-state index contributed by atoms with van der Waals surface area (Å²) in [5.74, 6) is 0.826. The van der Waals surface area contributed by atoms with Crippen LogP contribution < -0.4 is 10.1 Å². The Labute approximate surface area is 93.5 Å². The van der Waals surface area contributed by atoms with Crippen LogP contribution in [0.15, 0.2) is 24.3 Å². The van der Waals surface area contributed by atoms with Crippen molar-refractivity contribution in [3.63, 3.8) is 0 Å². The third-order valence-corrected chi connectivity index (χ3v) is 3.02. The van der Waals surface area contributed by atoms with Gasteiger partial charge in [0.05, 0.1) is 12.6 Å². The van der Waals surface area contributed by atoms with Crippen LogP contribution in [-0.4, -0.2) is 25.2 Å². The molecule has 1 saturated heterocycles. The van der Waals surface area contributed by atoms with Gasteiger partial charge in [0.25, 0.3) is 0 Å². The number of hydrogen-bond acceptors (Lipinski definition) is 3. The van der Waals surface area contributed by atoms with Crippen LogP contribution in [0.2, 0.25) is 0 Å². The fraction of sp³-hybridized carbons (Fsp3) is 0.417. The number of rotatable bonds is 0. The number of amides is 1. The van der Waals surface area contributed by atoms with E-state index in [-0.39, 0.29) is 24.7 Å². The van der Waals surface area contributed by atoms with Crippen LogP contribution in [0, 0.1) is 0 Å². The van der Waals surface area contributed by atoms with E-state index in [9.17, 15) is 4.79 Å². The van der Waals surface area contributed by atoms with Crippen molar-refractivity contribution in [2.45, 2.75) is 18.6 Å². The topological polar surface area (TPSA) is 47.6 Å². The van der Waals surface area contributed by atoms with E-state index in [1.807, 2.05) is 24.3 Å². The van der Waals surface area contributed by atoms with Gasteiger partial charge in [-0.2, -0.15) is 0 Å². The number of morpholine rings is 1. The molecule has 16 heavy (non-hydrogen) atoms. The Bertz CT molecular complexity index is 418. The Morgan fingerprint density at radius 2 is 2.19 bits per heavy atom. The molecule has 1 fully saturated rings. The standard InChI is InChI=1S/C12H13NO3/c14-11-7-16-12-8-3-1-2-4-10(8)15-6-5-9(12)13-11/h1-4,9,12H,5-7H2,(H,13,14). The zero-order valence-corrected chi connectivity index (χ0v) is 8.81. The Balaban J connectivity index is 1.98. The van der Waals surface area contributed by atoms with E-state index >= 15 is 0 Å². The third kappa shape index (κ3) is 1.55. The molecule has 1 aromatic carbocycles. The fourth-order valence-electron chi connectivity index (χ4n) is 2.28. The summed E-state index contributed by atoms with van der Waals surface area (Å²) in [7, 11) is 0. The Morgan fingerprint density at radius 1 is 1.31 bits per heavy atom. The molecule has 4 nitrogen and oxygen atoms in total. The highest BCUT2D eigenvalue weighted by Gasteiger charge is 2.34. The molecule has 0 spiro atoms. The predicted octanol–water partition coefficient (Wildman–Crippen LogP) is 1.03. The van der Waals surface area contributed by atoms with E-state index < -0.39 is 0 Å². The quantitative estimate of drug-likeness (QED) is 0.708. The zero-order chi connectivity index (χ0) is 11.0. The first-order chi connectivity index (χ1) is 7.84. The number of fused-ring (bicyclic) bond motifs is 3. The number of benzene rings is 1. The smallest absolute Gasteiger partial charge is 0.246 e. The van der Waals surface area contributed by atoms with Crippen molar-refractivity contribution in [3.05, 3.63) is 29.8 Å². The van der Waals surface area contributed by atoms with Crippen molar-refractivity contribution >= 4 is 5.91 Å². The highest BCUT2D eigenvalue weighted by Crippen LogP contribution is 2.35. The summed E-state index contributed by atoms with van der Waals surface area (Å²) in [5.41, 5.74) is 1.03. The molecule has 1 amide bonds. The number of hydrogen-bond donors (Lipinski definition) is 1. The Morgan fingerprint density at radius 3 is 3.12 bits per heavy atom. The van der Waals surface area contributed by atoms with Crippen molar-refractivity contribution < 1.29 is 14.3 Å². The van der Waals surface area contributed by atoms with Crippen LogP contribution in [0.1, 0.15) is 18.1 Å². The van der Waals surface area contributed by atoms with Gasteiger partial charge in [-0.05, 0) is 6.07 Å². The molecule has 2 heterocycles. The van der Waals surface area contributed by atoms with E-state index in [4.69, 9.17) is 9.47 Å². The zero-order valence-electron chi connectivity index (χ0n) is 8.81. The van der Waals surface area contributed by atoms with Gasteiger partial charge in [-0.15, -0.1) is 0 Å². The largest absolute Gasteiger partial charge is 0.493 e. The maximum Gasteiger partial charge on any atom is 0.246 e. The summed E-state index contributed by atoms with van der Waals surface area (Å²) in [4.78, 5) is 11.3. The third-order valence-electron chi connectivity index (χ3n) is 3.02. The minimum Gasteiger partial charge on any atom is -0.493 e. The summed E-state index contributed by atoms with van der Waals surface area (Å²) in [6.45, 7) is 0.747. The van der Waals surface area contributed by atoms with Crippen LogP contribution >= 0.6 is 0 Å². The van der Waals surface area contributed by atoms with E-state index in [0.29, 0.717) is 6.61 Å². The molecule has 0 aliphatic carbocycles. The van der Waals surface area contributed by atoms with Gasteiger partial charge in [0.15, 0.2) is 0 Å². The van der Waals surface area contributed by atoms with Gasteiger partial charge < -0.3 is 14.8 Å². The fourth-order valence-corrected chi connectivity index (χ4v) is 2.28. The lowest BCUT2D eigenvalue weighted by Crippen LogP contribution is -2.47. The molecule has 2 unspecified atom stereocenters. The molecule has 1 N–H and O–H groups in total. The molecule has 0 radical (unpaired) electrons. The van der Waals surface area contributed by atoms with Crippen molar-refractivity contribution in [2.75, 3.05) is 13.2 Å². The second-order valence-electron chi connectivity index (χ2n) is 4.08. The average molecular weight is 219 g/mol. The van der Waals surface area contributed by atoms with Crippen LogP contribution in [-0.2, 0) is 9.53 Å². The van der Waals surface area contributed by atoms with Gasteiger partial charge in [-0.25, -0.2) is 0 Å². The van der Waals surface area contributed by atoms with Crippen molar-refractivity contribution in [1.82, 2.24) is 5.32 Å². The summed E-state index contributed by atoms with van der Waals surface area (Å²) >= 11 is 0. The molecule has 2 aliphatic rings. The molecule has 0 saturated carbocycles. The van der Waals surface area contributed by atoms with Crippen LogP contribution in [0.25, 0.3) is 0 Å². The molecule has 1 aromatic rings. The van der Waals surface area contributed by atoms with E-state index in [0.717, 1.165) is 17.7 Å². The van der Waals surface area contributed by atoms with Crippen LogP contribution in [0.3, 0.4) is 0 Å². The first kappa shape index (κ1) is 9.66. The lowest BCUT2D eigenvalue weighted by molar-refractivity contribution is -0.137. The minimum atomic E-state index is -0.0728. The molecule has 3 rings (SSSR count). The Hall–Kier alpha value is -1.55. The number of carbonyl (C=O) groups is 1. The van der Waals surface area contributed by atoms with Gasteiger partial charge in [-0.1, -0.05) is 18.2 Å². The first-order valence-corrected chi connectivity index (χ1v) is 5.47. The summed E-state index contributed by atoms with van der Waals surface area (Å²) in [6, 6.07) is 7.88. The number of ether oxygens (including phenoxy) is 2. The highest BCUT2D eigenvalue weighted by molar-refractivity contribution is 5.78. The normalized spacial score (nSPS) is 28.1. The SMILES string of the molecule is O=C1COC2c3ccccc3OCCC2N1. The van der Waals surface area contributed by atoms with E-state index in [2.05, 4.69) is 5.32 Å². The minimum absolute atomic E-state index is 0.0323. The van der Waals surface area contributed by atoms with Gasteiger partial charge in [0.2, 0.25) is 5.91 Å². The molecule has 84 valence electrons. The molecule has 2 atom stereocenters. The van der Waals surface area contributed by atoms with Gasteiger partial charge in [-0.3, -0.25) is 4.79 Å². The molecule has 0 bridgehead atoms. The lowest BCUT2D eigenvalue weighted by atomic mass is 9.99. The molecule has 2 aliphatic heterocycles. The molecular formula is C12H13NO3. The molecule has 4 heteroatoms. The number of para-hydroxylation sites is 1.